The summed E-state index contributed by atoms with van der Waals surface area (Å²) in [5.41, 5.74) is -0.450. The maximum atomic E-state index is 12.2. The Morgan fingerprint density at radius 3 is 2.15 bits per heavy atom. The third kappa shape index (κ3) is 1.76. The van der Waals surface area contributed by atoms with Crippen LogP contribution in [0.4, 0.5) is 13.2 Å². The molecule has 1 nitrogen and oxygen atoms in total. The molecule has 0 spiro atoms. The van der Waals surface area contributed by atoms with Crippen molar-refractivity contribution >= 4 is 0 Å². The lowest BCUT2D eigenvalue weighted by atomic mass is 10.0. The van der Waals surface area contributed by atoms with E-state index in [4.69, 9.17) is 0 Å². The van der Waals surface area contributed by atoms with Crippen LogP contribution in [0.5, 0.6) is 5.75 Å². The summed E-state index contributed by atoms with van der Waals surface area (Å²) >= 11 is 0. The molecule has 0 aliphatic carbocycles. The normalized spacial score (nSPS) is 11.8. The fourth-order valence-corrected chi connectivity index (χ4v) is 1.14. The van der Waals surface area contributed by atoms with Gasteiger partial charge in [-0.2, -0.15) is 13.2 Å². The maximum absolute atomic E-state index is 12.2. The zero-order chi connectivity index (χ0) is 10.2. The Balaban J connectivity index is 3.35. The molecular weight excluding hydrogens is 181 g/mol. The Bertz CT molecular complexity index is 328. The molecule has 0 aliphatic heterocycles. The molecule has 0 atom stereocenters. The molecule has 0 saturated heterocycles. The van der Waals surface area contributed by atoms with Gasteiger partial charge in [-0.15, -0.1) is 0 Å². The number of hydrogen-bond acceptors (Lipinski definition) is 1. The summed E-state index contributed by atoms with van der Waals surface area (Å²) in [6, 6.07) is 2.23. The van der Waals surface area contributed by atoms with E-state index >= 15 is 0 Å². The topological polar surface area (TPSA) is 20.2 Å². The smallest absolute Gasteiger partial charge is 0.416 e. The summed E-state index contributed by atoms with van der Waals surface area (Å²) in [5, 5.41) is 9.25. The van der Waals surface area contributed by atoms with Gasteiger partial charge in [0.15, 0.2) is 0 Å². The van der Waals surface area contributed by atoms with Crippen LogP contribution in [-0.4, -0.2) is 5.11 Å². The first kappa shape index (κ1) is 9.89. The lowest BCUT2D eigenvalue weighted by Crippen LogP contribution is -2.07. The minimum Gasteiger partial charge on any atom is -0.507 e. The number of hydrogen-bond donors (Lipinski definition) is 1. The molecule has 0 aliphatic rings. The predicted molar refractivity (Wildman–Crippen MR) is 42.6 cm³/mol. The number of alkyl halides is 3. The van der Waals surface area contributed by atoms with E-state index < -0.39 is 11.7 Å². The van der Waals surface area contributed by atoms with Crippen molar-refractivity contribution in [2.75, 3.05) is 0 Å². The van der Waals surface area contributed by atoms with Crippen molar-refractivity contribution in [3.05, 3.63) is 28.8 Å². The number of aryl methyl sites for hydroxylation is 1. The largest absolute Gasteiger partial charge is 0.507 e. The number of rotatable bonds is 0. The number of halogens is 3. The Morgan fingerprint density at radius 2 is 1.69 bits per heavy atom. The van der Waals surface area contributed by atoms with Crippen molar-refractivity contribution in [2.45, 2.75) is 20.0 Å². The molecule has 1 aromatic carbocycles. The molecule has 4 heteroatoms. The summed E-state index contributed by atoms with van der Waals surface area (Å²) in [4.78, 5) is 0. The zero-order valence-corrected chi connectivity index (χ0v) is 7.24. The quantitative estimate of drug-likeness (QED) is 0.666. The van der Waals surface area contributed by atoms with E-state index in [1.807, 2.05) is 0 Å². The minimum atomic E-state index is -4.39. The standard InChI is InChI=1S/C9H9F3O/c1-5-3-4-7(9(10,11)12)6(2)8(5)13/h3-4,13H,1-2H3. The highest BCUT2D eigenvalue weighted by Crippen LogP contribution is 2.36. The van der Waals surface area contributed by atoms with Gasteiger partial charge in [-0.1, -0.05) is 6.07 Å². The van der Waals surface area contributed by atoms with Crippen LogP contribution in [0.15, 0.2) is 12.1 Å². The van der Waals surface area contributed by atoms with E-state index in [0.717, 1.165) is 6.07 Å². The SMILES string of the molecule is Cc1ccc(C(F)(F)F)c(C)c1O. The number of phenolic OH excluding ortho intramolecular Hbond substituents is 1. The van der Waals surface area contributed by atoms with Crippen molar-refractivity contribution in [1.29, 1.82) is 0 Å². The van der Waals surface area contributed by atoms with Crippen LogP contribution in [0.2, 0.25) is 0 Å². The average Bonchev–Trinajstić information content (AvgIpc) is 1.98. The molecule has 1 rings (SSSR count). The molecule has 0 radical (unpaired) electrons. The zero-order valence-electron chi connectivity index (χ0n) is 7.24. The number of aromatic hydroxyl groups is 1. The van der Waals surface area contributed by atoms with Gasteiger partial charge in [0.1, 0.15) is 5.75 Å². The van der Waals surface area contributed by atoms with Gasteiger partial charge in [0.05, 0.1) is 5.56 Å². The van der Waals surface area contributed by atoms with Crippen molar-refractivity contribution in [3.63, 3.8) is 0 Å². The van der Waals surface area contributed by atoms with Crippen LogP contribution in [0.3, 0.4) is 0 Å². The lowest BCUT2D eigenvalue weighted by Gasteiger charge is -2.12. The molecule has 13 heavy (non-hydrogen) atoms. The molecular formula is C9H9F3O. The van der Waals surface area contributed by atoms with Gasteiger partial charge in [0.25, 0.3) is 0 Å². The van der Waals surface area contributed by atoms with E-state index in [1.54, 1.807) is 6.92 Å². The lowest BCUT2D eigenvalue weighted by molar-refractivity contribution is -0.138. The van der Waals surface area contributed by atoms with Gasteiger partial charge in [0, 0.05) is 5.56 Å². The van der Waals surface area contributed by atoms with Crippen LogP contribution >= 0.6 is 0 Å². The molecule has 0 amide bonds. The molecule has 0 heterocycles. The third-order valence-electron chi connectivity index (χ3n) is 1.94. The highest BCUT2D eigenvalue weighted by molar-refractivity contribution is 5.45. The summed E-state index contributed by atoms with van der Waals surface area (Å²) in [6.07, 6.45) is -4.39. The highest BCUT2D eigenvalue weighted by Gasteiger charge is 2.33. The molecule has 0 aromatic heterocycles. The minimum absolute atomic E-state index is 0.118. The molecule has 0 saturated carbocycles. The van der Waals surface area contributed by atoms with Crippen LogP contribution < -0.4 is 0 Å². The van der Waals surface area contributed by atoms with Crippen molar-refractivity contribution < 1.29 is 18.3 Å². The van der Waals surface area contributed by atoms with Gasteiger partial charge >= 0.3 is 6.18 Å². The van der Waals surface area contributed by atoms with E-state index in [9.17, 15) is 18.3 Å². The van der Waals surface area contributed by atoms with E-state index in [-0.39, 0.29) is 11.3 Å². The van der Waals surface area contributed by atoms with Crippen molar-refractivity contribution in [2.24, 2.45) is 0 Å². The van der Waals surface area contributed by atoms with E-state index in [1.165, 1.54) is 13.0 Å². The number of phenols is 1. The highest BCUT2D eigenvalue weighted by atomic mass is 19.4. The van der Waals surface area contributed by atoms with E-state index in [0.29, 0.717) is 5.56 Å². The summed E-state index contributed by atoms with van der Waals surface area (Å²) in [6.45, 7) is 2.81. The Hall–Kier alpha value is -1.19. The summed E-state index contributed by atoms with van der Waals surface area (Å²) in [5.74, 6) is -0.283. The molecule has 0 bridgehead atoms. The molecule has 72 valence electrons. The van der Waals surface area contributed by atoms with Crippen LogP contribution in [0.25, 0.3) is 0 Å². The maximum Gasteiger partial charge on any atom is 0.416 e. The Morgan fingerprint density at radius 1 is 1.15 bits per heavy atom. The molecule has 1 aromatic rings. The van der Waals surface area contributed by atoms with Gasteiger partial charge in [-0.3, -0.25) is 0 Å². The monoisotopic (exact) mass is 190 g/mol. The fraction of sp³-hybridized carbons (Fsp3) is 0.333. The van der Waals surface area contributed by atoms with Crippen LogP contribution in [-0.2, 0) is 6.18 Å². The second-order valence-corrected chi connectivity index (χ2v) is 2.90. The first-order valence-electron chi connectivity index (χ1n) is 3.70. The number of benzene rings is 1. The third-order valence-corrected chi connectivity index (χ3v) is 1.94. The van der Waals surface area contributed by atoms with Crippen LogP contribution in [0.1, 0.15) is 16.7 Å². The second kappa shape index (κ2) is 2.94. The Labute approximate surface area is 73.8 Å². The first-order chi connectivity index (χ1) is 5.84. The summed E-state index contributed by atoms with van der Waals surface area (Å²) in [7, 11) is 0. The van der Waals surface area contributed by atoms with Gasteiger partial charge in [-0.05, 0) is 25.5 Å². The molecule has 0 fully saturated rings. The first-order valence-corrected chi connectivity index (χ1v) is 3.70. The molecule has 0 unspecified atom stereocenters. The van der Waals surface area contributed by atoms with E-state index in [2.05, 4.69) is 0 Å². The Kier molecular flexibility index (Phi) is 2.24. The van der Waals surface area contributed by atoms with Gasteiger partial charge in [-0.25, -0.2) is 0 Å². The molecule has 1 N–H and O–H groups in total. The van der Waals surface area contributed by atoms with Crippen molar-refractivity contribution in [1.82, 2.24) is 0 Å². The van der Waals surface area contributed by atoms with Crippen LogP contribution in [0, 0.1) is 13.8 Å². The fourth-order valence-electron chi connectivity index (χ4n) is 1.14. The predicted octanol–water partition coefficient (Wildman–Crippen LogP) is 3.03. The second-order valence-electron chi connectivity index (χ2n) is 2.90. The average molecular weight is 190 g/mol. The van der Waals surface area contributed by atoms with Crippen molar-refractivity contribution in [3.8, 4) is 5.75 Å². The summed E-state index contributed by atoms with van der Waals surface area (Å²) < 4.78 is 36.7. The van der Waals surface area contributed by atoms with Gasteiger partial charge < -0.3 is 5.11 Å². The van der Waals surface area contributed by atoms with Gasteiger partial charge in [0.2, 0.25) is 0 Å².